The Morgan fingerprint density at radius 3 is 1.79 bits per heavy atom. The molecular formula is C8H10N4S2. The van der Waals surface area contributed by atoms with Gasteiger partial charge >= 0.3 is 0 Å². The molecule has 0 radical (unpaired) electrons. The number of nitrogens with one attached hydrogen (secondary N) is 2. The SMILES string of the molecule is c1csc(NCCNc2nccs2)n1. The molecule has 0 aliphatic carbocycles. The summed E-state index contributed by atoms with van der Waals surface area (Å²) in [7, 11) is 0. The first-order valence-electron chi connectivity index (χ1n) is 4.22. The highest BCUT2D eigenvalue weighted by Gasteiger charge is 1.94. The Morgan fingerprint density at radius 2 is 1.43 bits per heavy atom. The molecule has 2 aromatic rings. The minimum absolute atomic E-state index is 0.854. The molecule has 0 aliphatic rings. The second-order valence-corrected chi connectivity index (χ2v) is 4.32. The molecule has 0 aliphatic heterocycles. The highest BCUT2D eigenvalue weighted by atomic mass is 32.1. The van der Waals surface area contributed by atoms with E-state index in [1.165, 1.54) is 0 Å². The molecule has 0 unspecified atom stereocenters. The van der Waals surface area contributed by atoms with E-state index in [1.54, 1.807) is 35.1 Å². The van der Waals surface area contributed by atoms with Crippen molar-refractivity contribution in [2.45, 2.75) is 0 Å². The average Bonchev–Trinajstić information content (AvgIpc) is 2.86. The standard InChI is InChI=1S/C8H10N4S2/c1(9-7-11-3-5-13-7)2-10-8-12-4-6-14-8/h3-6H,1-2H2,(H,9,11)(H,10,12). The maximum atomic E-state index is 4.12. The van der Waals surface area contributed by atoms with Gasteiger partial charge in [-0.15, -0.1) is 22.7 Å². The maximum Gasteiger partial charge on any atom is 0.182 e. The molecule has 74 valence electrons. The van der Waals surface area contributed by atoms with Crippen molar-refractivity contribution in [1.82, 2.24) is 9.97 Å². The van der Waals surface area contributed by atoms with Gasteiger partial charge in [-0.1, -0.05) is 0 Å². The molecule has 2 rings (SSSR count). The van der Waals surface area contributed by atoms with Gasteiger partial charge in [0.2, 0.25) is 0 Å². The molecule has 2 heterocycles. The van der Waals surface area contributed by atoms with Crippen LogP contribution >= 0.6 is 22.7 Å². The highest BCUT2D eigenvalue weighted by Crippen LogP contribution is 2.11. The second-order valence-electron chi connectivity index (χ2n) is 2.53. The van der Waals surface area contributed by atoms with Crippen LogP contribution in [0.25, 0.3) is 0 Å². The predicted molar refractivity (Wildman–Crippen MR) is 61.2 cm³/mol. The zero-order valence-corrected chi connectivity index (χ0v) is 9.07. The van der Waals surface area contributed by atoms with Gasteiger partial charge in [0.05, 0.1) is 0 Å². The number of anilines is 2. The van der Waals surface area contributed by atoms with Gasteiger partial charge in [-0.05, 0) is 0 Å². The number of rotatable bonds is 5. The first kappa shape index (κ1) is 9.42. The maximum absolute atomic E-state index is 4.12. The van der Waals surface area contributed by atoms with Crippen LogP contribution < -0.4 is 10.6 Å². The van der Waals surface area contributed by atoms with E-state index < -0.39 is 0 Å². The molecule has 0 bridgehead atoms. The fourth-order valence-corrected chi connectivity index (χ4v) is 2.08. The number of thiazole rings is 2. The van der Waals surface area contributed by atoms with Gasteiger partial charge in [0.15, 0.2) is 10.3 Å². The number of nitrogens with zero attached hydrogens (tertiary/aromatic N) is 2. The van der Waals surface area contributed by atoms with Crippen molar-refractivity contribution in [3.8, 4) is 0 Å². The Balaban J connectivity index is 1.65. The molecule has 0 spiro atoms. The van der Waals surface area contributed by atoms with E-state index >= 15 is 0 Å². The zero-order chi connectivity index (χ0) is 9.64. The van der Waals surface area contributed by atoms with Crippen LogP contribution in [0.2, 0.25) is 0 Å². The smallest absolute Gasteiger partial charge is 0.182 e. The lowest BCUT2D eigenvalue weighted by atomic mass is 10.6. The van der Waals surface area contributed by atoms with E-state index in [9.17, 15) is 0 Å². The second kappa shape index (κ2) is 4.92. The third kappa shape index (κ3) is 2.68. The molecule has 2 N–H and O–H groups in total. The van der Waals surface area contributed by atoms with Crippen molar-refractivity contribution in [2.75, 3.05) is 23.7 Å². The van der Waals surface area contributed by atoms with Crippen molar-refractivity contribution < 1.29 is 0 Å². The normalized spacial score (nSPS) is 10.0. The van der Waals surface area contributed by atoms with Crippen molar-refractivity contribution in [3.05, 3.63) is 23.2 Å². The van der Waals surface area contributed by atoms with Crippen LogP contribution in [0.5, 0.6) is 0 Å². The fraction of sp³-hybridized carbons (Fsp3) is 0.250. The van der Waals surface area contributed by atoms with Crippen molar-refractivity contribution in [2.24, 2.45) is 0 Å². The minimum atomic E-state index is 0.854. The van der Waals surface area contributed by atoms with Crippen molar-refractivity contribution >= 4 is 32.9 Å². The van der Waals surface area contributed by atoms with Crippen LogP contribution in [0.4, 0.5) is 10.3 Å². The molecule has 0 saturated heterocycles. The molecule has 14 heavy (non-hydrogen) atoms. The predicted octanol–water partition coefficient (Wildman–Crippen LogP) is 2.12. The van der Waals surface area contributed by atoms with Crippen molar-refractivity contribution in [1.29, 1.82) is 0 Å². The summed E-state index contributed by atoms with van der Waals surface area (Å²) in [6.07, 6.45) is 3.59. The van der Waals surface area contributed by atoms with E-state index in [4.69, 9.17) is 0 Å². The zero-order valence-electron chi connectivity index (χ0n) is 7.43. The molecule has 0 fully saturated rings. The molecule has 0 amide bonds. The topological polar surface area (TPSA) is 49.8 Å². The van der Waals surface area contributed by atoms with Crippen LogP contribution in [0.1, 0.15) is 0 Å². The Kier molecular flexibility index (Phi) is 3.31. The monoisotopic (exact) mass is 226 g/mol. The average molecular weight is 226 g/mol. The van der Waals surface area contributed by atoms with Gasteiger partial charge in [0.25, 0.3) is 0 Å². The number of hydrogen-bond acceptors (Lipinski definition) is 6. The third-order valence-electron chi connectivity index (χ3n) is 1.54. The van der Waals surface area contributed by atoms with E-state index in [0.29, 0.717) is 0 Å². The summed E-state index contributed by atoms with van der Waals surface area (Å²) in [5, 5.41) is 12.3. The summed E-state index contributed by atoms with van der Waals surface area (Å²) in [4.78, 5) is 8.23. The van der Waals surface area contributed by atoms with Gasteiger partial charge in [-0.3, -0.25) is 0 Å². The van der Waals surface area contributed by atoms with Gasteiger partial charge < -0.3 is 10.6 Å². The first-order valence-corrected chi connectivity index (χ1v) is 5.98. The Labute approximate surface area is 90.0 Å². The summed E-state index contributed by atoms with van der Waals surface area (Å²) < 4.78 is 0. The molecule has 2 aromatic heterocycles. The molecule has 0 aromatic carbocycles. The van der Waals surface area contributed by atoms with E-state index in [1.807, 2.05) is 10.8 Å². The van der Waals surface area contributed by atoms with Crippen LogP contribution in [-0.2, 0) is 0 Å². The molecule has 0 saturated carbocycles. The molecular weight excluding hydrogens is 216 g/mol. The van der Waals surface area contributed by atoms with E-state index in [-0.39, 0.29) is 0 Å². The van der Waals surface area contributed by atoms with Gasteiger partial charge in [0.1, 0.15) is 0 Å². The quantitative estimate of drug-likeness (QED) is 0.767. The summed E-state index contributed by atoms with van der Waals surface area (Å²) in [5.74, 6) is 0. The number of hydrogen-bond donors (Lipinski definition) is 2. The van der Waals surface area contributed by atoms with Crippen molar-refractivity contribution in [3.63, 3.8) is 0 Å². The van der Waals surface area contributed by atoms with Crippen LogP contribution in [0.15, 0.2) is 23.2 Å². The van der Waals surface area contributed by atoms with Gasteiger partial charge in [-0.25, -0.2) is 9.97 Å². The van der Waals surface area contributed by atoms with Gasteiger partial charge in [0, 0.05) is 36.2 Å². The van der Waals surface area contributed by atoms with E-state index in [0.717, 1.165) is 23.4 Å². The Bertz CT molecular complexity index is 307. The van der Waals surface area contributed by atoms with Crippen LogP contribution in [0, 0.1) is 0 Å². The summed E-state index contributed by atoms with van der Waals surface area (Å²) in [6.45, 7) is 1.71. The Hall–Kier alpha value is -1.14. The Morgan fingerprint density at radius 1 is 0.929 bits per heavy atom. The largest absolute Gasteiger partial charge is 0.360 e. The van der Waals surface area contributed by atoms with Gasteiger partial charge in [-0.2, -0.15) is 0 Å². The third-order valence-corrected chi connectivity index (χ3v) is 3.00. The molecule has 4 nitrogen and oxygen atoms in total. The van der Waals surface area contributed by atoms with E-state index in [2.05, 4.69) is 20.6 Å². The summed E-state index contributed by atoms with van der Waals surface area (Å²) >= 11 is 3.22. The summed E-state index contributed by atoms with van der Waals surface area (Å²) in [5.41, 5.74) is 0. The highest BCUT2D eigenvalue weighted by molar-refractivity contribution is 7.13. The first-order chi connectivity index (χ1) is 6.95. The lowest BCUT2D eigenvalue weighted by Crippen LogP contribution is -2.13. The minimum Gasteiger partial charge on any atom is -0.360 e. The lowest BCUT2D eigenvalue weighted by molar-refractivity contribution is 1.07. The molecule has 0 atom stereocenters. The number of aromatic nitrogens is 2. The fourth-order valence-electron chi connectivity index (χ4n) is 0.960. The van der Waals surface area contributed by atoms with Crippen LogP contribution in [0.3, 0.4) is 0 Å². The molecule has 6 heteroatoms. The lowest BCUT2D eigenvalue weighted by Gasteiger charge is -2.02. The van der Waals surface area contributed by atoms with Crippen LogP contribution in [-0.4, -0.2) is 23.1 Å². The summed E-state index contributed by atoms with van der Waals surface area (Å²) in [6, 6.07) is 0.